The van der Waals surface area contributed by atoms with Crippen LogP contribution in [0.2, 0.25) is 0 Å². The highest BCUT2D eigenvalue weighted by atomic mass is 19.1. The van der Waals surface area contributed by atoms with Gasteiger partial charge in [-0.05, 0) is 56.3 Å². The van der Waals surface area contributed by atoms with Crippen LogP contribution in [0, 0.1) is 12.8 Å². The summed E-state index contributed by atoms with van der Waals surface area (Å²) in [6.45, 7) is 4.06. The Morgan fingerprint density at radius 2 is 2.25 bits per heavy atom. The Labute approximate surface area is 97.1 Å². The van der Waals surface area contributed by atoms with Crippen molar-refractivity contribution in [1.29, 1.82) is 0 Å². The number of halogens is 1. The van der Waals surface area contributed by atoms with Gasteiger partial charge in [-0.25, -0.2) is 4.39 Å². The van der Waals surface area contributed by atoms with Gasteiger partial charge in [-0.3, -0.25) is 0 Å². The number of benzene rings is 1. The van der Waals surface area contributed by atoms with Crippen LogP contribution in [-0.2, 0) is 0 Å². The predicted octanol–water partition coefficient (Wildman–Crippen LogP) is 3.40. The van der Waals surface area contributed by atoms with Crippen LogP contribution in [0.1, 0.15) is 36.6 Å². The van der Waals surface area contributed by atoms with E-state index in [0.29, 0.717) is 12.3 Å². The molecule has 16 heavy (non-hydrogen) atoms. The molecule has 88 valence electrons. The molecule has 2 atom stereocenters. The zero-order valence-corrected chi connectivity index (χ0v) is 9.88. The molecule has 1 aromatic rings. The van der Waals surface area contributed by atoms with Gasteiger partial charge >= 0.3 is 0 Å². The quantitative estimate of drug-likeness (QED) is 0.825. The van der Waals surface area contributed by atoms with Crippen molar-refractivity contribution < 1.29 is 4.39 Å². The summed E-state index contributed by atoms with van der Waals surface area (Å²) in [4.78, 5) is 0. The molecule has 1 saturated heterocycles. The average molecular weight is 221 g/mol. The summed E-state index contributed by atoms with van der Waals surface area (Å²) in [5.41, 5.74) is 1.94. The third-order valence-electron chi connectivity index (χ3n) is 3.47. The fraction of sp³-hybridized carbons (Fsp3) is 0.571. The molecule has 0 radical (unpaired) electrons. The molecule has 0 aliphatic carbocycles. The molecule has 0 spiro atoms. The van der Waals surface area contributed by atoms with E-state index in [1.54, 1.807) is 0 Å². The van der Waals surface area contributed by atoms with E-state index in [0.717, 1.165) is 24.2 Å². The van der Waals surface area contributed by atoms with Gasteiger partial charge in [-0.2, -0.15) is 0 Å². The van der Waals surface area contributed by atoms with Crippen LogP contribution >= 0.6 is 0 Å². The third kappa shape index (κ3) is 2.82. The van der Waals surface area contributed by atoms with E-state index < -0.39 is 6.17 Å². The maximum Gasteiger partial charge on any atom is 0.126 e. The molecule has 0 saturated carbocycles. The van der Waals surface area contributed by atoms with Crippen molar-refractivity contribution in [2.24, 2.45) is 5.92 Å². The van der Waals surface area contributed by atoms with Crippen molar-refractivity contribution in [3.63, 3.8) is 0 Å². The predicted molar refractivity (Wildman–Crippen MR) is 65.2 cm³/mol. The second kappa shape index (κ2) is 5.44. The number of hydrogen-bond acceptors (Lipinski definition) is 1. The fourth-order valence-corrected chi connectivity index (χ4v) is 2.48. The van der Waals surface area contributed by atoms with E-state index in [1.165, 1.54) is 12.8 Å². The smallest absolute Gasteiger partial charge is 0.126 e. The molecular weight excluding hydrogens is 201 g/mol. The third-order valence-corrected chi connectivity index (χ3v) is 3.47. The van der Waals surface area contributed by atoms with E-state index in [4.69, 9.17) is 0 Å². The summed E-state index contributed by atoms with van der Waals surface area (Å²) in [5, 5.41) is 3.34. The summed E-state index contributed by atoms with van der Waals surface area (Å²) in [6, 6.07) is 7.79. The first kappa shape index (κ1) is 11.6. The molecule has 1 aromatic carbocycles. The topological polar surface area (TPSA) is 12.0 Å². The lowest BCUT2D eigenvalue weighted by Gasteiger charge is -2.24. The monoisotopic (exact) mass is 221 g/mol. The number of hydrogen-bond donors (Lipinski definition) is 1. The fourth-order valence-electron chi connectivity index (χ4n) is 2.48. The van der Waals surface area contributed by atoms with E-state index >= 15 is 0 Å². The maximum atomic E-state index is 14.2. The lowest BCUT2D eigenvalue weighted by Crippen LogP contribution is -2.30. The zero-order valence-electron chi connectivity index (χ0n) is 9.88. The Morgan fingerprint density at radius 1 is 1.44 bits per heavy atom. The van der Waals surface area contributed by atoms with Gasteiger partial charge in [0.1, 0.15) is 6.17 Å². The lowest BCUT2D eigenvalue weighted by atomic mass is 9.90. The minimum atomic E-state index is -0.800. The van der Waals surface area contributed by atoms with Crippen LogP contribution in [0.5, 0.6) is 0 Å². The molecule has 2 unspecified atom stereocenters. The zero-order chi connectivity index (χ0) is 11.4. The van der Waals surface area contributed by atoms with Gasteiger partial charge in [0.25, 0.3) is 0 Å². The van der Waals surface area contributed by atoms with Crippen molar-refractivity contribution in [3.8, 4) is 0 Å². The van der Waals surface area contributed by atoms with Gasteiger partial charge in [-0.15, -0.1) is 0 Å². The van der Waals surface area contributed by atoms with Gasteiger partial charge in [0, 0.05) is 0 Å². The first-order valence-electron chi connectivity index (χ1n) is 6.17. The normalized spacial score (nSPS) is 23.0. The Hall–Kier alpha value is -0.890. The van der Waals surface area contributed by atoms with Crippen LogP contribution < -0.4 is 5.32 Å². The highest BCUT2D eigenvalue weighted by Gasteiger charge is 2.20. The molecule has 1 nitrogen and oxygen atoms in total. The van der Waals surface area contributed by atoms with E-state index in [-0.39, 0.29) is 0 Å². The molecule has 2 heteroatoms. The first-order chi connectivity index (χ1) is 7.77. The minimum Gasteiger partial charge on any atom is -0.316 e. The van der Waals surface area contributed by atoms with Gasteiger partial charge in [0.15, 0.2) is 0 Å². The Kier molecular flexibility index (Phi) is 3.94. The minimum absolute atomic E-state index is 0.503. The molecule has 1 aliphatic rings. The molecule has 0 amide bonds. The van der Waals surface area contributed by atoms with E-state index in [2.05, 4.69) is 5.32 Å². The summed E-state index contributed by atoms with van der Waals surface area (Å²) in [6.07, 6.45) is 2.22. The number of alkyl halides is 1. The number of piperidine rings is 1. The SMILES string of the molecule is Cc1ccccc1C(F)CC1CCCNC1. The largest absolute Gasteiger partial charge is 0.316 e. The van der Waals surface area contributed by atoms with Crippen molar-refractivity contribution in [1.82, 2.24) is 5.32 Å². The van der Waals surface area contributed by atoms with Crippen molar-refractivity contribution in [2.75, 3.05) is 13.1 Å². The van der Waals surface area contributed by atoms with Crippen LogP contribution in [0.15, 0.2) is 24.3 Å². The standard InChI is InChI=1S/C14H20FN/c1-11-5-2-3-7-13(11)14(15)9-12-6-4-8-16-10-12/h2-3,5,7,12,14,16H,4,6,8-10H2,1H3. The first-order valence-corrected chi connectivity index (χ1v) is 6.17. The van der Waals surface area contributed by atoms with Gasteiger partial charge in [0.05, 0.1) is 0 Å². The van der Waals surface area contributed by atoms with E-state index in [9.17, 15) is 4.39 Å². The molecule has 1 fully saturated rings. The van der Waals surface area contributed by atoms with Gasteiger partial charge < -0.3 is 5.32 Å². The average Bonchev–Trinajstić information content (AvgIpc) is 2.31. The number of aryl methyl sites for hydroxylation is 1. The van der Waals surface area contributed by atoms with E-state index in [1.807, 2.05) is 31.2 Å². The molecule has 1 aliphatic heterocycles. The summed E-state index contributed by atoms with van der Waals surface area (Å²) >= 11 is 0. The molecule has 0 bridgehead atoms. The highest BCUT2D eigenvalue weighted by molar-refractivity contribution is 5.27. The number of nitrogens with one attached hydrogen (secondary N) is 1. The Morgan fingerprint density at radius 3 is 2.94 bits per heavy atom. The summed E-state index contributed by atoms with van der Waals surface area (Å²) in [7, 11) is 0. The molecule has 1 N–H and O–H groups in total. The highest BCUT2D eigenvalue weighted by Crippen LogP contribution is 2.29. The van der Waals surface area contributed by atoms with Crippen LogP contribution in [-0.4, -0.2) is 13.1 Å². The Balaban J connectivity index is 1.96. The van der Waals surface area contributed by atoms with Crippen LogP contribution in [0.4, 0.5) is 4.39 Å². The molecule has 1 heterocycles. The second-order valence-electron chi connectivity index (χ2n) is 4.77. The van der Waals surface area contributed by atoms with Crippen molar-refractivity contribution in [3.05, 3.63) is 35.4 Å². The lowest BCUT2D eigenvalue weighted by molar-refractivity contribution is 0.242. The van der Waals surface area contributed by atoms with Gasteiger partial charge in [0.2, 0.25) is 0 Å². The summed E-state index contributed by atoms with van der Waals surface area (Å²) < 4.78 is 14.2. The van der Waals surface area contributed by atoms with Crippen molar-refractivity contribution in [2.45, 2.75) is 32.4 Å². The van der Waals surface area contributed by atoms with Crippen LogP contribution in [0.3, 0.4) is 0 Å². The maximum absolute atomic E-state index is 14.2. The van der Waals surface area contributed by atoms with Crippen LogP contribution in [0.25, 0.3) is 0 Å². The molecular formula is C14H20FN. The second-order valence-corrected chi connectivity index (χ2v) is 4.77. The Bertz CT molecular complexity index is 331. The molecule has 0 aromatic heterocycles. The summed E-state index contributed by atoms with van der Waals surface area (Å²) in [5.74, 6) is 0.503. The van der Waals surface area contributed by atoms with Gasteiger partial charge in [-0.1, -0.05) is 24.3 Å². The molecule has 2 rings (SSSR count). The number of rotatable bonds is 3. The van der Waals surface area contributed by atoms with Crippen molar-refractivity contribution >= 4 is 0 Å².